The van der Waals surface area contributed by atoms with Gasteiger partial charge in [0.2, 0.25) is 0 Å². The van der Waals surface area contributed by atoms with E-state index < -0.39 is 17.3 Å². The SMILES string of the molecule is CC1(O)CCN(C(=O)c2ccc(C(F)(F)F)cc2)CC1. The topological polar surface area (TPSA) is 40.5 Å². The summed E-state index contributed by atoms with van der Waals surface area (Å²) in [6, 6.07) is 4.20. The molecule has 0 aliphatic carbocycles. The number of likely N-dealkylation sites (tertiary alicyclic amines) is 1. The van der Waals surface area contributed by atoms with Crippen molar-refractivity contribution in [2.45, 2.75) is 31.5 Å². The Bertz CT molecular complexity index is 484. The minimum absolute atomic E-state index is 0.236. The van der Waals surface area contributed by atoms with Gasteiger partial charge in [0.25, 0.3) is 5.91 Å². The molecule has 1 fully saturated rings. The third-order valence-corrected chi connectivity index (χ3v) is 3.59. The lowest BCUT2D eigenvalue weighted by atomic mass is 9.93. The average molecular weight is 287 g/mol. The van der Waals surface area contributed by atoms with Gasteiger partial charge in [-0.05, 0) is 44.0 Å². The Hall–Kier alpha value is -1.56. The van der Waals surface area contributed by atoms with Crippen LogP contribution >= 0.6 is 0 Å². The Morgan fingerprint density at radius 1 is 1.20 bits per heavy atom. The van der Waals surface area contributed by atoms with E-state index in [1.54, 1.807) is 11.8 Å². The first-order valence-electron chi connectivity index (χ1n) is 6.38. The summed E-state index contributed by atoms with van der Waals surface area (Å²) in [6.45, 7) is 2.53. The molecule has 110 valence electrons. The van der Waals surface area contributed by atoms with Crippen LogP contribution in [-0.2, 0) is 6.18 Å². The summed E-state index contributed by atoms with van der Waals surface area (Å²) in [5.74, 6) is -0.297. The predicted octanol–water partition coefficient (Wildman–Crippen LogP) is 2.69. The van der Waals surface area contributed by atoms with E-state index in [2.05, 4.69) is 0 Å². The number of hydrogen-bond donors (Lipinski definition) is 1. The van der Waals surface area contributed by atoms with Crippen molar-refractivity contribution in [2.75, 3.05) is 13.1 Å². The van der Waals surface area contributed by atoms with E-state index in [0.29, 0.717) is 25.9 Å². The van der Waals surface area contributed by atoms with Crippen LogP contribution in [0.5, 0.6) is 0 Å². The molecule has 20 heavy (non-hydrogen) atoms. The van der Waals surface area contributed by atoms with Gasteiger partial charge in [0.15, 0.2) is 0 Å². The second kappa shape index (κ2) is 5.09. The lowest BCUT2D eigenvalue weighted by Crippen LogP contribution is -2.45. The number of amides is 1. The second-order valence-electron chi connectivity index (χ2n) is 5.36. The fourth-order valence-corrected chi connectivity index (χ4v) is 2.18. The lowest BCUT2D eigenvalue weighted by Gasteiger charge is -2.35. The maximum Gasteiger partial charge on any atom is 0.416 e. The number of alkyl halides is 3. The maximum atomic E-state index is 12.4. The molecule has 2 rings (SSSR count). The molecule has 0 saturated carbocycles. The van der Waals surface area contributed by atoms with Gasteiger partial charge in [-0.25, -0.2) is 0 Å². The highest BCUT2D eigenvalue weighted by Crippen LogP contribution is 2.29. The van der Waals surface area contributed by atoms with E-state index in [-0.39, 0.29) is 11.5 Å². The van der Waals surface area contributed by atoms with Crippen LogP contribution < -0.4 is 0 Å². The third kappa shape index (κ3) is 3.30. The van der Waals surface area contributed by atoms with Crippen molar-refractivity contribution in [1.82, 2.24) is 4.90 Å². The van der Waals surface area contributed by atoms with Crippen LogP contribution in [0.15, 0.2) is 24.3 Å². The highest BCUT2D eigenvalue weighted by molar-refractivity contribution is 5.94. The molecule has 1 aromatic rings. The van der Waals surface area contributed by atoms with Crippen LogP contribution in [0.3, 0.4) is 0 Å². The van der Waals surface area contributed by atoms with E-state index in [4.69, 9.17) is 0 Å². The first kappa shape index (κ1) is 14.8. The Labute approximate surface area is 115 Å². The number of hydrogen-bond acceptors (Lipinski definition) is 2. The van der Waals surface area contributed by atoms with Gasteiger partial charge in [-0.1, -0.05) is 0 Å². The fraction of sp³-hybridized carbons (Fsp3) is 0.500. The number of nitrogens with zero attached hydrogens (tertiary/aromatic N) is 1. The van der Waals surface area contributed by atoms with Crippen LogP contribution in [0.1, 0.15) is 35.7 Å². The number of rotatable bonds is 1. The molecule has 0 bridgehead atoms. The van der Waals surface area contributed by atoms with Crippen LogP contribution in [0.2, 0.25) is 0 Å². The molecule has 0 spiro atoms. The molecule has 1 saturated heterocycles. The summed E-state index contributed by atoms with van der Waals surface area (Å²) < 4.78 is 37.3. The molecular weight excluding hydrogens is 271 g/mol. The molecule has 1 heterocycles. The van der Waals surface area contributed by atoms with Crippen molar-refractivity contribution < 1.29 is 23.1 Å². The molecule has 0 atom stereocenters. The monoisotopic (exact) mass is 287 g/mol. The summed E-state index contributed by atoms with van der Waals surface area (Å²) >= 11 is 0. The van der Waals surface area contributed by atoms with E-state index in [9.17, 15) is 23.1 Å². The zero-order valence-electron chi connectivity index (χ0n) is 11.1. The van der Waals surface area contributed by atoms with E-state index in [1.165, 1.54) is 12.1 Å². The Balaban J connectivity index is 2.07. The minimum atomic E-state index is -4.40. The van der Waals surface area contributed by atoms with Crippen molar-refractivity contribution >= 4 is 5.91 Å². The van der Waals surface area contributed by atoms with Crippen molar-refractivity contribution in [3.05, 3.63) is 35.4 Å². The number of carbonyl (C=O) groups is 1. The van der Waals surface area contributed by atoms with Gasteiger partial charge in [-0.15, -0.1) is 0 Å². The summed E-state index contributed by atoms with van der Waals surface area (Å²) in [7, 11) is 0. The molecular formula is C14H16F3NO2. The van der Waals surface area contributed by atoms with Crippen LogP contribution in [0.4, 0.5) is 13.2 Å². The molecule has 1 aliphatic heterocycles. The van der Waals surface area contributed by atoms with Crippen molar-refractivity contribution in [3.63, 3.8) is 0 Å². The highest BCUT2D eigenvalue weighted by atomic mass is 19.4. The zero-order chi connectivity index (χ0) is 15.0. The van der Waals surface area contributed by atoms with Gasteiger partial charge < -0.3 is 10.0 Å². The first-order valence-corrected chi connectivity index (χ1v) is 6.38. The molecule has 0 aromatic heterocycles. The fourth-order valence-electron chi connectivity index (χ4n) is 2.18. The number of halogens is 3. The Morgan fingerprint density at radius 2 is 1.70 bits per heavy atom. The van der Waals surface area contributed by atoms with Crippen molar-refractivity contribution in [3.8, 4) is 0 Å². The van der Waals surface area contributed by atoms with Crippen LogP contribution in [0, 0.1) is 0 Å². The van der Waals surface area contributed by atoms with Crippen molar-refractivity contribution in [1.29, 1.82) is 0 Å². The van der Waals surface area contributed by atoms with Gasteiger partial charge >= 0.3 is 6.18 Å². The molecule has 3 nitrogen and oxygen atoms in total. The number of carbonyl (C=O) groups excluding carboxylic acids is 1. The third-order valence-electron chi connectivity index (χ3n) is 3.59. The highest BCUT2D eigenvalue weighted by Gasteiger charge is 2.32. The first-order chi connectivity index (χ1) is 9.19. The average Bonchev–Trinajstić information content (AvgIpc) is 2.37. The molecule has 0 unspecified atom stereocenters. The van der Waals surface area contributed by atoms with Crippen molar-refractivity contribution in [2.24, 2.45) is 0 Å². The molecule has 0 radical (unpaired) electrons. The Kier molecular flexibility index (Phi) is 3.77. The summed E-state index contributed by atoms with van der Waals surface area (Å²) in [6.07, 6.45) is -3.45. The molecule has 6 heteroatoms. The minimum Gasteiger partial charge on any atom is -0.390 e. The molecule has 1 aromatic carbocycles. The van der Waals surface area contributed by atoms with Gasteiger partial charge in [0.1, 0.15) is 0 Å². The number of piperidine rings is 1. The summed E-state index contributed by atoms with van der Waals surface area (Å²) in [5.41, 5.74) is -1.30. The lowest BCUT2D eigenvalue weighted by molar-refractivity contribution is -0.137. The largest absolute Gasteiger partial charge is 0.416 e. The zero-order valence-corrected chi connectivity index (χ0v) is 11.1. The number of aliphatic hydroxyl groups is 1. The number of benzene rings is 1. The van der Waals surface area contributed by atoms with Gasteiger partial charge in [0.05, 0.1) is 11.2 Å². The smallest absolute Gasteiger partial charge is 0.390 e. The standard InChI is InChI=1S/C14H16F3NO2/c1-13(20)6-8-18(9-7-13)12(19)10-2-4-11(5-3-10)14(15,16)17/h2-5,20H,6-9H2,1H3. The molecule has 1 amide bonds. The predicted molar refractivity (Wildman–Crippen MR) is 67.2 cm³/mol. The van der Waals surface area contributed by atoms with Gasteiger partial charge in [-0.2, -0.15) is 13.2 Å². The van der Waals surface area contributed by atoms with E-state index in [1.807, 2.05) is 0 Å². The van der Waals surface area contributed by atoms with E-state index >= 15 is 0 Å². The van der Waals surface area contributed by atoms with Gasteiger partial charge in [-0.3, -0.25) is 4.79 Å². The van der Waals surface area contributed by atoms with E-state index in [0.717, 1.165) is 12.1 Å². The Morgan fingerprint density at radius 3 is 2.15 bits per heavy atom. The molecule has 1 N–H and O–H groups in total. The summed E-state index contributed by atoms with van der Waals surface area (Å²) in [4.78, 5) is 13.7. The maximum absolute atomic E-state index is 12.4. The van der Waals surface area contributed by atoms with Crippen LogP contribution in [0.25, 0.3) is 0 Å². The quantitative estimate of drug-likeness (QED) is 0.862. The summed E-state index contributed by atoms with van der Waals surface area (Å²) in [5, 5.41) is 9.81. The van der Waals surface area contributed by atoms with Crippen LogP contribution in [-0.4, -0.2) is 34.6 Å². The normalized spacial score (nSPS) is 18.9. The second-order valence-corrected chi connectivity index (χ2v) is 5.36. The molecule has 1 aliphatic rings. The van der Waals surface area contributed by atoms with Gasteiger partial charge in [0, 0.05) is 18.7 Å².